The Morgan fingerprint density at radius 2 is 2.31 bits per heavy atom. The van der Waals surface area contributed by atoms with Crippen LogP contribution in [0.2, 0.25) is 0 Å². The van der Waals surface area contributed by atoms with Crippen LogP contribution in [0.25, 0.3) is 0 Å². The second-order valence-electron chi connectivity index (χ2n) is 4.17. The summed E-state index contributed by atoms with van der Waals surface area (Å²) in [6, 6.07) is 0.586. The van der Waals surface area contributed by atoms with Crippen molar-refractivity contribution in [2.24, 2.45) is 0 Å². The molecule has 3 nitrogen and oxygen atoms in total. The molecule has 88 valence electrons. The number of thiocarbonyl (C=S) groups is 1. The zero-order valence-corrected chi connectivity index (χ0v) is 11.1. The molecule has 2 N–H and O–H groups in total. The van der Waals surface area contributed by atoms with Crippen LogP contribution >= 0.6 is 23.6 Å². The predicted molar refractivity (Wildman–Crippen MR) is 71.7 cm³/mol. The Morgan fingerprint density at radius 1 is 1.56 bits per heavy atom. The second-order valence-corrected chi connectivity index (χ2v) is 5.52. The van der Waals surface area contributed by atoms with Gasteiger partial charge in [-0.2, -0.15) is 0 Å². The van der Waals surface area contributed by atoms with Crippen LogP contribution in [-0.2, 0) is 6.54 Å². The number of hydrogen-bond donors (Lipinski definition) is 2. The van der Waals surface area contributed by atoms with Crippen molar-refractivity contribution in [2.45, 2.75) is 45.2 Å². The molecule has 2 rings (SSSR count). The van der Waals surface area contributed by atoms with Crippen LogP contribution in [0.3, 0.4) is 0 Å². The van der Waals surface area contributed by atoms with Gasteiger partial charge in [-0.3, -0.25) is 0 Å². The fourth-order valence-electron chi connectivity index (χ4n) is 1.96. The molecule has 1 fully saturated rings. The Labute approximate surface area is 106 Å². The molecule has 0 radical (unpaired) electrons. The van der Waals surface area contributed by atoms with E-state index in [0.717, 1.165) is 17.4 Å². The van der Waals surface area contributed by atoms with E-state index in [9.17, 15) is 0 Å². The molecule has 0 atom stereocenters. The molecule has 1 aromatic rings. The summed E-state index contributed by atoms with van der Waals surface area (Å²) in [5.74, 6) is 0. The van der Waals surface area contributed by atoms with Crippen LogP contribution in [0.5, 0.6) is 0 Å². The third-order valence-electron chi connectivity index (χ3n) is 2.94. The van der Waals surface area contributed by atoms with Crippen molar-refractivity contribution in [1.29, 1.82) is 0 Å². The third kappa shape index (κ3) is 3.15. The molecule has 0 spiro atoms. The summed E-state index contributed by atoms with van der Waals surface area (Å²) in [4.78, 5) is 5.47. The number of aromatic nitrogens is 1. The van der Waals surface area contributed by atoms with Gasteiger partial charge >= 0.3 is 0 Å². The van der Waals surface area contributed by atoms with Crippen LogP contribution in [0, 0.1) is 6.92 Å². The number of nitrogens with zero attached hydrogens (tertiary/aromatic N) is 1. The van der Waals surface area contributed by atoms with Crippen molar-refractivity contribution in [2.75, 3.05) is 0 Å². The predicted octanol–water partition coefficient (Wildman–Crippen LogP) is 2.36. The average Bonchev–Trinajstić information content (AvgIpc) is 2.87. The summed E-state index contributed by atoms with van der Waals surface area (Å²) in [5.41, 5.74) is 2.97. The zero-order chi connectivity index (χ0) is 11.4. The van der Waals surface area contributed by atoms with E-state index < -0.39 is 0 Å². The minimum absolute atomic E-state index is 0.586. The van der Waals surface area contributed by atoms with Gasteiger partial charge in [0.1, 0.15) is 0 Å². The second kappa shape index (κ2) is 5.59. The average molecular weight is 255 g/mol. The minimum atomic E-state index is 0.586. The van der Waals surface area contributed by atoms with Crippen molar-refractivity contribution >= 4 is 28.7 Å². The van der Waals surface area contributed by atoms with Crippen LogP contribution in [0.15, 0.2) is 5.51 Å². The Balaban J connectivity index is 1.73. The molecule has 5 heteroatoms. The first-order valence-corrected chi connectivity index (χ1v) is 6.98. The molecule has 1 aromatic heterocycles. The first-order chi connectivity index (χ1) is 7.75. The lowest BCUT2D eigenvalue weighted by atomic mass is 10.3. The maximum absolute atomic E-state index is 5.27. The van der Waals surface area contributed by atoms with E-state index in [4.69, 9.17) is 12.2 Å². The van der Waals surface area contributed by atoms with E-state index in [1.807, 2.05) is 12.4 Å². The summed E-state index contributed by atoms with van der Waals surface area (Å²) < 4.78 is 0. The van der Waals surface area contributed by atoms with Crippen molar-refractivity contribution in [1.82, 2.24) is 15.6 Å². The standard InChI is InChI=1S/C11H17N3S2/c1-8-10(16-7-13-8)6-12-11(15)14-9-4-2-3-5-9/h7,9H,2-6H2,1H3,(H2,12,14,15). The SMILES string of the molecule is Cc1ncsc1CNC(=S)NC1CCCC1. The molecule has 1 saturated carbocycles. The van der Waals surface area contributed by atoms with Crippen LogP contribution in [-0.4, -0.2) is 16.1 Å². The van der Waals surface area contributed by atoms with Gasteiger partial charge in [0, 0.05) is 10.9 Å². The molecule has 0 unspecified atom stereocenters. The monoisotopic (exact) mass is 255 g/mol. The molecule has 0 saturated heterocycles. The highest BCUT2D eigenvalue weighted by atomic mass is 32.1. The number of thiazole rings is 1. The number of nitrogens with one attached hydrogen (secondary N) is 2. The van der Waals surface area contributed by atoms with Crippen LogP contribution < -0.4 is 10.6 Å². The van der Waals surface area contributed by atoms with Gasteiger partial charge in [0.15, 0.2) is 5.11 Å². The highest BCUT2D eigenvalue weighted by Crippen LogP contribution is 2.17. The lowest BCUT2D eigenvalue weighted by Crippen LogP contribution is -2.40. The molecule has 1 aliphatic carbocycles. The molecular formula is C11H17N3S2. The molecule has 0 amide bonds. The van der Waals surface area contributed by atoms with Crippen LogP contribution in [0.4, 0.5) is 0 Å². The lowest BCUT2D eigenvalue weighted by Gasteiger charge is -2.15. The van der Waals surface area contributed by atoms with Crippen molar-refractivity contribution in [3.63, 3.8) is 0 Å². The Hall–Kier alpha value is -0.680. The van der Waals surface area contributed by atoms with Gasteiger partial charge in [0.2, 0.25) is 0 Å². The third-order valence-corrected chi connectivity index (χ3v) is 4.14. The van der Waals surface area contributed by atoms with E-state index in [1.165, 1.54) is 30.6 Å². The smallest absolute Gasteiger partial charge is 0.166 e. The van der Waals surface area contributed by atoms with E-state index >= 15 is 0 Å². The molecule has 1 heterocycles. The minimum Gasteiger partial charge on any atom is -0.360 e. The van der Waals surface area contributed by atoms with E-state index in [0.29, 0.717) is 6.04 Å². The van der Waals surface area contributed by atoms with Crippen LogP contribution in [0.1, 0.15) is 36.3 Å². The molecular weight excluding hydrogens is 238 g/mol. The van der Waals surface area contributed by atoms with Gasteiger partial charge in [0.25, 0.3) is 0 Å². The number of hydrogen-bond acceptors (Lipinski definition) is 3. The highest BCUT2D eigenvalue weighted by Gasteiger charge is 2.15. The molecule has 16 heavy (non-hydrogen) atoms. The van der Waals surface area contributed by atoms with E-state index in [2.05, 4.69) is 15.6 Å². The summed E-state index contributed by atoms with van der Waals surface area (Å²) in [7, 11) is 0. The summed E-state index contributed by atoms with van der Waals surface area (Å²) >= 11 is 6.94. The maximum atomic E-state index is 5.27. The quantitative estimate of drug-likeness (QED) is 0.813. The Morgan fingerprint density at radius 3 is 2.94 bits per heavy atom. The van der Waals surface area contributed by atoms with Gasteiger partial charge in [-0.05, 0) is 32.0 Å². The first kappa shape index (κ1) is 11.8. The summed E-state index contributed by atoms with van der Waals surface area (Å²) in [6.07, 6.45) is 5.16. The number of rotatable bonds is 3. The first-order valence-electron chi connectivity index (χ1n) is 5.69. The fraction of sp³-hybridized carbons (Fsp3) is 0.636. The van der Waals surface area contributed by atoms with Crippen molar-refractivity contribution in [3.05, 3.63) is 16.1 Å². The van der Waals surface area contributed by atoms with Gasteiger partial charge < -0.3 is 10.6 Å². The lowest BCUT2D eigenvalue weighted by molar-refractivity contribution is 0.621. The van der Waals surface area contributed by atoms with Crippen molar-refractivity contribution in [3.8, 4) is 0 Å². The van der Waals surface area contributed by atoms with Gasteiger partial charge in [-0.1, -0.05) is 12.8 Å². The van der Waals surface area contributed by atoms with Gasteiger partial charge in [0.05, 0.1) is 17.7 Å². The normalized spacial score (nSPS) is 16.3. The maximum Gasteiger partial charge on any atom is 0.166 e. The van der Waals surface area contributed by atoms with Crippen molar-refractivity contribution < 1.29 is 0 Å². The highest BCUT2D eigenvalue weighted by molar-refractivity contribution is 7.80. The molecule has 0 aromatic carbocycles. The Bertz CT molecular complexity index is 356. The summed E-state index contributed by atoms with van der Waals surface area (Å²) in [6.45, 7) is 2.82. The van der Waals surface area contributed by atoms with Gasteiger partial charge in [-0.25, -0.2) is 4.98 Å². The van der Waals surface area contributed by atoms with Gasteiger partial charge in [-0.15, -0.1) is 11.3 Å². The fourth-order valence-corrected chi connectivity index (χ4v) is 2.92. The van der Waals surface area contributed by atoms with E-state index in [-0.39, 0.29) is 0 Å². The topological polar surface area (TPSA) is 37.0 Å². The largest absolute Gasteiger partial charge is 0.360 e. The Kier molecular flexibility index (Phi) is 4.12. The summed E-state index contributed by atoms with van der Waals surface area (Å²) in [5, 5.41) is 7.39. The molecule has 0 bridgehead atoms. The zero-order valence-electron chi connectivity index (χ0n) is 9.45. The van der Waals surface area contributed by atoms with E-state index in [1.54, 1.807) is 11.3 Å². The molecule has 0 aliphatic heterocycles. The number of aryl methyl sites for hydroxylation is 1. The molecule has 1 aliphatic rings.